The quantitative estimate of drug-likeness (QED) is 0.554. The molecule has 1 aliphatic heterocycles. The third-order valence-corrected chi connectivity index (χ3v) is 5.25. The first-order valence-electron chi connectivity index (χ1n) is 9.79. The van der Waals surface area contributed by atoms with E-state index in [1.807, 2.05) is 0 Å². The van der Waals surface area contributed by atoms with Crippen LogP contribution in [0.3, 0.4) is 0 Å². The number of carbonyl (C=O) groups excluding carboxylic acids is 3. The van der Waals surface area contributed by atoms with E-state index in [9.17, 15) is 18.8 Å². The van der Waals surface area contributed by atoms with E-state index in [4.69, 9.17) is 9.47 Å². The Bertz CT molecular complexity index is 962. The van der Waals surface area contributed by atoms with Gasteiger partial charge in [0.2, 0.25) is 0 Å². The van der Waals surface area contributed by atoms with Gasteiger partial charge in [0.1, 0.15) is 11.5 Å². The van der Waals surface area contributed by atoms with Crippen LogP contribution < -0.4 is 0 Å². The van der Waals surface area contributed by atoms with E-state index in [2.05, 4.69) is 4.98 Å². The fourth-order valence-corrected chi connectivity index (χ4v) is 3.78. The maximum atomic E-state index is 13.6. The van der Waals surface area contributed by atoms with Gasteiger partial charge >= 0.3 is 5.97 Å². The molecule has 7 nitrogen and oxygen atoms in total. The van der Waals surface area contributed by atoms with Gasteiger partial charge in [0.05, 0.1) is 19.8 Å². The maximum absolute atomic E-state index is 13.6. The summed E-state index contributed by atoms with van der Waals surface area (Å²) in [5.41, 5.74) is 1.71. The number of amides is 1. The number of nitrogens with zero attached hydrogens (tertiary/aromatic N) is 1. The number of H-pyrrole nitrogens is 1. The molecular formula is C22H25FN2O5. The molecule has 1 aromatic heterocycles. The number of aromatic nitrogens is 1. The number of rotatable bonds is 7. The van der Waals surface area contributed by atoms with E-state index < -0.39 is 17.7 Å². The zero-order valence-corrected chi connectivity index (χ0v) is 17.3. The number of hydrogen-bond donors (Lipinski definition) is 1. The lowest BCUT2D eigenvalue weighted by Gasteiger charge is -2.25. The molecule has 1 N–H and O–H groups in total. The number of hydrogen-bond acceptors (Lipinski definition) is 5. The highest BCUT2D eigenvalue weighted by atomic mass is 19.1. The lowest BCUT2D eigenvalue weighted by atomic mass is 10.0. The van der Waals surface area contributed by atoms with Crippen LogP contribution in [-0.2, 0) is 9.47 Å². The molecule has 0 radical (unpaired) electrons. The number of carbonyl (C=O) groups is 3. The fourth-order valence-electron chi connectivity index (χ4n) is 3.78. The number of methoxy groups -OCH3 is 1. The van der Waals surface area contributed by atoms with Gasteiger partial charge in [-0.3, -0.25) is 9.59 Å². The molecule has 0 saturated carbocycles. The molecule has 0 aliphatic carbocycles. The summed E-state index contributed by atoms with van der Waals surface area (Å²) in [7, 11) is 1.26. The fraction of sp³-hybridized carbons (Fsp3) is 0.409. The van der Waals surface area contributed by atoms with Gasteiger partial charge in [-0.25, -0.2) is 9.18 Å². The van der Waals surface area contributed by atoms with Crippen molar-refractivity contribution < 1.29 is 28.2 Å². The van der Waals surface area contributed by atoms with Crippen molar-refractivity contribution in [3.05, 3.63) is 58.2 Å². The Morgan fingerprint density at radius 3 is 2.70 bits per heavy atom. The van der Waals surface area contributed by atoms with Crippen molar-refractivity contribution in [2.24, 2.45) is 0 Å². The van der Waals surface area contributed by atoms with Crippen LogP contribution in [0.1, 0.15) is 55.3 Å². The first kappa shape index (κ1) is 21.7. The summed E-state index contributed by atoms with van der Waals surface area (Å²) in [5, 5.41) is 0. The number of ketones is 1. The average molecular weight is 416 g/mol. The molecule has 160 valence electrons. The molecule has 1 atom stereocenters. The molecule has 1 unspecified atom stereocenters. The van der Waals surface area contributed by atoms with E-state index >= 15 is 0 Å². The number of nitrogens with one attached hydrogen (secondary N) is 1. The van der Waals surface area contributed by atoms with Crippen LogP contribution in [0.4, 0.5) is 4.39 Å². The monoisotopic (exact) mass is 416 g/mol. The summed E-state index contributed by atoms with van der Waals surface area (Å²) in [6.45, 7) is 3.97. The molecule has 30 heavy (non-hydrogen) atoms. The number of halogens is 1. The minimum absolute atomic E-state index is 0.165. The second-order valence-corrected chi connectivity index (χ2v) is 7.37. The Balaban J connectivity index is 1.87. The summed E-state index contributed by atoms with van der Waals surface area (Å²) in [4.78, 5) is 42.4. The van der Waals surface area contributed by atoms with Crippen molar-refractivity contribution in [2.75, 3.05) is 26.8 Å². The topological polar surface area (TPSA) is 88.7 Å². The number of aryl methyl sites for hydroxylation is 1. The van der Waals surface area contributed by atoms with Crippen molar-refractivity contribution >= 4 is 17.7 Å². The summed E-state index contributed by atoms with van der Waals surface area (Å²) in [5.74, 6) is -1.86. The number of aromatic amines is 1. The highest BCUT2D eigenvalue weighted by Gasteiger charge is 2.28. The minimum atomic E-state index is -0.568. The maximum Gasteiger partial charge on any atom is 0.354 e. The molecule has 2 aromatic rings. The van der Waals surface area contributed by atoms with Crippen molar-refractivity contribution in [1.82, 2.24) is 9.88 Å². The molecule has 2 heterocycles. The van der Waals surface area contributed by atoms with Crippen LogP contribution in [0, 0.1) is 19.7 Å². The number of Topliss-reactive ketones (excluding diaryl/α,β-unsaturated/α-hetero) is 1. The van der Waals surface area contributed by atoms with Gasteiger partial charge in [0, 0.05) is 30.0 Å². The Labute approximate surface area is 174 Å². The second-order valence-electron chi connectivity index (χ2n) is 7.37. The first-order chi connectivity index (χ1) is 14.3. The smallest absolute Gasteiger partial charge is 0.354 e. The van der Waals surface area contributed by atoms with Crippen molar-refractivity contribution in [2.45, 2.75) is 32.8 Å². The number of benzene rings is 1. The summed E-state index contributed by atoms with van der Waals surface area (Å²) in [6, 6.07) is 5.38. The highest BCUT2D eigenvalue weighted by molar-refractivity contribution is 6.05. The van der Waals surface area contributed by atoms with Crippen LogP contribution >= 0.6 is 0 Å². The summed E-state index contributed by atoms with van der Waals surface area (Å²) >= 11 is 0. The van der Waals surface area contributed by atoms with E-state index in [0.717, 1.165) is 18.9 Å². The van der Waals surface area contributed by atoms with E-state index in [1.54, 1.807) is 13.8 Å². The number of esters is 1. The molecular weight excluding hydrogens is 391 g/mol. The SMILES string of the molecule is COC(=O)c1[nH]c(C)c(C(=O)CN(CC2CCCO2)C(=O)c2cccc(F)c2)c1C. The van der Waals surface area contributed by atoms with Crippen molar-refractivity contribution in [3.63, 3.8) is 0 Å². The predicted molar refractivity (Wildman–Crippen MR) is 107 cm³/mol. The molecule has 1 saturated heterocycles. The van der Waals surface area contributed by atoms with Crippen molar-refractivity contribution in [3.8, 4) is 0 Å². The molecule has 1 fully saturated rings. The molecule has 0 bridgehead atoms. The Hall–Kier alpha value is -3.00. The van der Waals surface area contributed by atoms with Gasteiger partial charge in [-0.05, 0) is 50.5 Å². The van der Waals surface area contributed by atoms with Gasteiger partial charge in [-0.1, -0.05) is 6.07 Å². The standard InChI is InChI=1S/C22H25FN2O5/c1-13-19(14(2)24-20(13)22(28)29-3)18(26)12-25(11-17-8-5-9-30-17)21(27)15-6-4-7-16(23)10-15/h4,6-7,10,17,24H,5,8-9,11-12H2,1-3H3. The Kier molecular flexibility index (Phi) is 6.66. The number of ether oxygens (including phenoxy) is 2. The van der Waals surface area contributed by atoms with Gasteiger partial charge in [-0.2, -0.15) is 0 Å². The lowest BCUT2D eigenvalue weighted by Crippen LogP contribution is -2.41. The molecule has 3 rings (SSSR count). The largest absolute Gasteiger partial charge is 0.464 e. The molecule has 1 amide bonds. The summed E-state index contributed by atoms with van der Waals surface area (Å²) < 4.78 is 24.0. The second kappa shape index (κ2) is 9.21. The Morgan fingerprint density at radius 1 is 1.30 bits per heavy atom. The third-order valence-electron chi connectivity index (χ3n) is 5.25. The lowest BCUT2D eigenvalue weighted by molar-refractivity contribution is 0.0506. The van der Waals surface area contributed by atoms with Crippen molar-refractivity contribution in [1.29, 1.82) is 0 Å². The van der Waals surface area contributed by atoms with Gasteiger partial charge in [0.25, 0.3) is 5.91 Å². The van der Waals surface area contributed by atoms with Crippen LogP contribution in [0.2, 0.25) is 0 Å². The van der Waals surface area contributed by atoms with Crippen LogP contribution in [0.15, 0.2) is 24.3 Å². The first-order valence-corrected chi connectivity index (χ1v) is 9.79. The van der Waals surface area contributed by atoms with Crippen LogP contribution in [-0.4, -0.2) is 60.5 Å². The normalized spacial score (nSPS) is 15.8. The van der Waals surface area contributed by atoms with Crippen LogP contribution in [0.5, 0.6) is 0 Å². The third kappa shape index (κ3) is 4.59. The van der Waals surface area contributed by atoms with E-state index in [0.29, 0.717) is 23.4 Å². The molecule has 1 aliphatic rings. The van der Waals surface area contributed by atoms with Gasteiger partial charge in [-0.15, -0.1) is 0 Å². The van der Waals surface area contributed by atoms with E-state index in [1.165, 1.54) is 30.2 Å². The zero-order chi connectivity index (χ0) is 21.8. The van der Waals surface area contributed by atoms with E-state index in [-0.39, 0.29) is 36.2 Å². The predicted octanol–water partition coefficient (Wildman–Crippen LogP) is 3.06. The highest BCUT2D eigenvalue weighted by Crippen LogP contribution is 2.21. The van der Waals surface area contributed by atoms with Gasteiger partial charge in [0.15, 0.2) is 5.78 Å². The average Bonchev–Trinajstić information content (AvgIpc) is 3.33. The molecule has 8 heteroatoms. The Morgan fingerprint density at radius 2 is 2.07 bits per heavy atom. The molecule has 1 aromatic carbocycles. The minimum Gasteiger partial charge on any atom is -0.464 e. The molecule has 0 spiro atoms. The van der Waals surface area contributed by atoms with Crippen LogP contribution in [0.25, 0.3) is 0 Å². The zero-order valence-electron chi connectivity index (χ0n) is 17.3. The van der Waals surface area contributed by atoms with Gasteiger partial charge < -0.3 is 19.4 Å². The summed E-state index contributed by atoms with van der Waals surface area (Å²) in [6.07, 6.45) is 1.50.